The first-order valence-corrected chi connectivity index (χ1v) is 9.65. The molecule has 1 aromatic carbocycles. The Kier molecular flexibility index (Phi) is 6.57. The number of rotatable bonds is 6. The summed E-state index contributed by atoms with van der Waals surface area (Å²) in [6, 6.07) is 4.02. The number of benzene rings is 1. The van der Waals surface area contributed by atoms with Gasteiger partial charge < -0.3 is 25.0 Å². The molecule has 1 spiro atoms. The molecular formula is C20H25FN2O7. The Labute approximate surface area is 172 Å². The quantitative estimate of drug-likeness (QED) is 0.574. The molecule has 164 valence electrons. The van der Waals surface area contributed by atoms with Gasteiger partial charge in [0.25, 0.3) is 12.4 Å². The van der Waals surface area contributed by atoms with E-state index < -0.39 is 11.8 Å². The number of ether oxygens (including phenoxy) is 2. The average molecular weight is 424 g/mol. The largest absolute Gasteiger partial charge is 0.494 e. The third-order valence-electron chi connectivity index (χ3n) is 6.12. The van der Waals surface area contributed by atoms with Crippen LogP contribution in [-0.2, 0) is 14.3 Å². The van der Waals surface area contributed by atoms with Crippen LogP contribution < -0.4 is 10.1 Å². The number of nitrogens with one attached hydrogen (secondary N) is 1. The van der Waals surface area contributed by atoms with Crippen LogP contribution in [0.2, 0.25) is 0 Å². The Morgan fingerprint density at radius 1 is 1.47 bits per heavy atom. The molecule has 4 atom stereocenters. The third-order valence-corrected chi connectivity index (χ3v) is 6.12. The molecule has 0 saturated carbocycles. The van der Waals surface area contributed by atoms with Crippen molar-refractivity contribution >= 4 is 18.3 Å². The molecule has 3 saturated heterocycles. The van der Waals surface area contributed by atoms with Crippen molar-refractivity contribution in [2.75, 3.05) is 33.3 Å². The van der Waals surface area contributed by atoms with Gasteiger partial charge in [0, 0.05) is 37.0 Å². The standard InChI is InChI=1S/C19H23FN2O5.CH2O2/c1-26-16-6-11(2-3-14(16)20)18(25)21-7-12-13-8-22(9-17(23)24)10-19(13)5-4-15(12)27-19;2-1-3/h2-3,6,12-13,15H,4-5,7-10H2,1H3,(H,21,25)(H,23,24);1H,(H,2,3)/t12-,13+,15+,19+;/m0./s1. The number of carbonyl (C=O) groups is 3. The van der Waals surface area contributed by atoms with Crippen molar-refractivity contribution in [2.45, 2.75) is 24.5 Å². The number of carbonyl (C=O) groups excluding carboxylic acids is 1. The van der Waals surface area contributed by atoms with Crippen LogP contribution in [0.3, 0.4) is 0 Å². The second-order valence-electron chi connectivity index (χ2n) is 7.76. The lowest BCUT2D eigenvalue weighted by Crippen LogP contribution is -2.41. The molecule has 0 aliphatic carbocycles. The normalized spacial score (nSPS) is 28.9. The Bertz CT molecular complexity index is 820. The zero-order chi connectivity index (χ0) is 21.9. The number of hydrogen-bond donors (Lipinski definition) is 3. The van der Waals surface area contributed by atoms with E-state index in [4.69, 9.17) is 24.5 Å². The number of amides is 1. The van der Waals surface area contributed by atoms with Gasteiger partial charge in [0.15, 0.2) is 11.6 Å². The van der Waals surface area contributed by atoms with E-state index in [0.717, 1.165) is 12.8 Å². The molecule has 3 aliphatic heterocycles. The second kappa shape index (κ2) is 8.97. The molecule has 3 fully saturated rings. The van der Waals surface area contributed by atoms with Crippen LogP contribution in [0.15, 0.2) is 18.2 Å². The van der Waals surface area contributed by atoms with Crippen LogP contribution in [0.4, 0.5) is 4.39 Å². The number of carboxylic acids is 1. The van der Waals surface area contributed by atoms with Crippen LogP contribution in [0.1, 0.15) is 23.2 Å². The van der Waals surface area contributed by atoms with E-state index in [0.29, 0.717) is 25.2 Å². The topological polar surface area (TPSA) is 125 Å². The lowest BCUT2D eigenvalue weighted by atomic mass is 9.73. The Morgan fingerprint density at radius 3 is 2.87 bits per heavy atom. The Morgan fingerprint density at radius 2 is 2.20 bits per heavy atom. The van der Waals surface area contributed by atoms with Crippen molar-refractivity contribution in [3.05, 3.63) is 29.6 Å². The summed E-state index contributed by atoms with van der Waals surface area (Å²) < 4.78 is 24.7. The molecule has 2 bridgehead atoms. The van der Waals surface area contributed by atoms with Gasteiger partial charge >= 0.3 is 5.97 Å². The van der Waals surface area contributed by atoms with E-state index in [1.54, 1.807) is 0 Å². The third kappa shape index (κ3) is 4.24. The van der Waals surface area contributed by atoms with Gasteiger partial charge in [0.2, 0.25) is 0 Å². The van der Waals surface area contributed by atoms with Crippen molar-refractivity contribution in [1.29, 1.82) is 0 Å². The summed E-state index contributed by atoms with van der Waals surface area (Å²) in [6.07, 6.45) is 1.98. The van der Waals surface area contributed by atoms with Crippen molar-refractivity contribution in [3.63, 3.8) is 0 Å². The summed E-state index contributed by atoms with van der Waals surface area (Å²) in [7, 11) is 1.36. The van der Waals surface area contributed by atoms with Gasteiger partial charge in [-0.05, 0) is 31.0 Å². The molecule has 0 aromatic heterocycles. The maximum Gasteiger partial charge on any atom is 0.317 e. The Hall–Kier alpha value is -2.72. The summed E-state index contributed by atoms with van der Waals surface area (Å²) in [5, 5.41) is 18.9. The van der Waals surface area contributed by atoms with Crippen LogP contribution in [0.25, 0.3) is 0 Å². The summed E-state index contributed by atoms with van der Waals surface area (Å²) in [4.78, 5) is 33.8. The maximum atomic E-state index is 13.5. The van der Waals surface area contributed by atoms with E-state index in [2.05, 4.69) is 5.32 Å². The minimum absolute atomic E-state index is 0.0146. The molecule has 3 aliphatic rings. The molecule has 3 N–H and O–H groups in total. The predicted molar refractivity (Wildman–Crippen MR) is 102 cm³/mol. The monoisotopic (exact) mass is 424 g/mol. The van der Waals surface area contributed by atoms with Gasteiger partial charge in [-0.15, -0.1) is 0 Å². The van der Waals surface area contributed by atoms with Crippen LogP contribution >= 0.6 is 0 Å². The first kappa shape index (κ1) is 22.0. The summed E-state index contributed by atoms with van der Waals surface area (Å²) >= 11 is 0. The number of fused-ring (bicyclic) bond motifs is 1. The van der Waals surface area contributed by atoms with E-state index in [9.17, 15) is 14.0 Å². The lowest BCUT2D eigenvalue weighted by molar-refractivity contribution is -0.138. The van der Waals surface area contributed by atoms with Gasteiger partial charge in [-0.25, -0.2) is 4.39 Å². The van der Waals surface area contributed by atoms with E-state index in [1.165, 1.54) is 25.3 Å². The molecule has 0 unspecified atom stereocenters. The SMILES string of the molecule is COc1cc(C(=O)NC[C@H]2[C@H]3CN(CC(=O)O)C[C@]34CC[C@H]2O4)ccc1F.O=CO. The summed E-state index contributed by atoms with van der Waals surface area (Å²) in [6.45, 7) is 1.53. The fraction of sp³-hybridized carbons (Fsp3) is 0.550. The molecule has 1 amide bonds. The fourth-order valence-corrected chi connectivity index (χ4v) is 4.99. The molecule has 30 heavy (non-hydrogen) atoms. The fourth-order valence-electron chi connectivity index (χ4n) is 4.99. The van der Waals surface area contributed by atoms with Crippen molar-refractivity contribution < 1.29 is 38.5 Å². The summed E-state index contributed by atoms with van der Waals surface area (Å²) in [5.41, 5.74) is 0.0696. The van der Waals surface area contributed by atoms with Crippen molar-refractivity contribution in [3.8, 4) is 5.75 Å². The number of methoxy groups -OCH3 is 1. The molecule has 0 radical (unpaired) electrons. The number of nitrogens with zero attached hydrogens (tertiary/aromatic N) is 1. The van der Waals surface area contributed by atoms with E-state index >= 15 is 0 Å². The number of hydrogen-bond acceptors (Lipinski definition) is 6. The number of aliphatic carboxylic acids is 1. The predicted octanol–water partition coefficient (Wildman–Crippen LogP) is 0.829. The average Bonchev–Trinajstić information content (AvgIpc) is 3.34. The molecule has 1 aromatic rings. The van der Waals surface area contributed by atoms with Gasteiger partial charge in [-0.3, -0.25) is 19.3 Å². The number of carboxylic acid groups (broad SMARTS) is 2. The highest BCUT2D eigenvalue weighted by molar-refractivity contribution is 5.94. The zero-order valence-corrected chi connectivity index (χ0v) is 16.5. The second-order valence-corrected chi connectivity index (χ2v) is 7.76. The molecule has 3 heterocycles. The van der Waals surface area contributed by atoms with Crippen LogP contribution in [0.5, 0.6) is 5.75 Å². The Balaban J connectivity index is 0.000000806. The molecule has 9 nitrogen and oxygen atoms in total. The van der Waals surface area contributed by atoms with Crippen molar-refractivity contribution in [2.24, 2.45) is 11.8 Å². The first-order valence-electron chi connectivity index (χ1n) is 9.65. The van der Waals surface area contributed by atoms with Crippen LogP contribution in [-0.4, -0.2) is 78.5 Å². The number of halogens is 1. The zero-order valence-electron chi connectivity index (χ0n) is 16.5. The highest BCUT2D eigenvalue weighted by Gasteiger charge is 2.62. The highest BCUT2D eigenvalue weighted by atomic mass is 19.1. The van der Waals surface area contributed by atoms with Gasteiger partial charge in [-0.2, -0.15) is 0 Å². The van der Waals surface area contributed by atoms with Gasteiger partial charge in [0.05, 0.1) is 25.4 Å². The van der Waals surface area contributed by atoms with Gasteiger partial charge in [0.1, 0.15) is 0 Å². The lowest BCUT2D eigenvalue weighted by Gasteiger charge is -2.29. The van der Waals surface area contributed by atoms with Crippen LogP contribution in [0, 0.1) is 17.7 Å². The molecule has 4 rings (SSSR count). The van der Waals surface area contributed by atoms with Gasteiger partial charge in [-0.1, -0.05) is 0 Å². The highest BCUT2D eigenvalue weighted by Crippen LogP contribution is 2.54. The molecule has 10 heteroatoms. The minimum Gasteiger partial charge on any atom is -0.494 e. The maximum absolute atomic E-state index is 13.5. The van der Waals surface area contributed by atoms with Crippen molar-refractivity contribution in [1.82, 2.24) is 10.2 Å². The summed E-state index contributed by atoms with van der Waals surface area (Å²) in [5.74, 6) is -1.23. The molecular weight excluding hydrogens is 399 g/mol. The smallest absolute Gasteiger partial charge is 0.317 e. The van der Waals surface area contributed by atoms with E-state index in [-0.39, 0.29) is 48.2 Å². The minimum atomic E-state index is -0.837. The van der Waals surface area contributed by atoms with E-state index in [1.807, 2.05) is 4.90 Å². The first-order chi connectivity index (χ1) is 14.3. The number of likely N-dealkylation sites (tertiary alicyclic amines) is 1.